The zero-order valence-corrected chi connectivity index (χ0v) is 9.06. The highest BCUT2D eigenvalue weighted by Crippen LogP contribution is 2.20. The molecule has 1 aromatic rings. The third kappa shape index (κ3) is 3.32. The Morgan fingerprint density at radius 2 is 2.20 bits per heavy atom. The van der Waals surface area contributed by atoms with Gasteiger partial charge in [0, 0.05) is 17.7 Å². The highest BCUT2D eigenvalue weighted by molar-refractivity contribution is 5.42. The Kier molecular flexibility index (Phi) is 3.80. The van der Waals surface area contributed by atoms with Gasteiger partial charge in [0.05, 0.1) is 4.92 Å². The zero-order valence-electron chi connectivity index (χ0n) is 9.06. The maximum absolute atomic E-state index is 10.7. The number of nitro groups is 1. The molecular weight excluding hydrogens is 192 g/mol. The minimum absolute atomic E-state index is 0.130. The van der Waals surface area contributed by atoms with Crippen LogP contribution >= 0.6 is 0 Å². The summed E-state index contributed by atoms with van der Waals surface area (Å²) in [6.07, 6.45) is 1.64. The molecule has 0 fully saturated rings. The minimum Gasteiger partial charge on any atom is -0.328 e. The van der Waals surface area contributed by atoms with E-state index in [9.17, 15) is 10.1 Å². The largest absolute Gasteiger partial charge is 0.328 e. The monoisotopic (exact) mass is 208 g/mol. The molecule has 0 aliphatic heterocycles. The van der Waals surface area contributed by atoms with E-state index in [1.807, 2.05) is 13.0 Å². The number of aryl methyl sites for hydroxylation is 2. The van der Waals surface area contributed by atoms with Gasteiger partial charge in [0.2, 0.25) is 0 Å². The van der Waals surface area contributed by atoms with Crippen molar-refractivity contribution in [3.05, 3.63) is 39.4 Å². The molecule has 0 aliphatic carbocycles. The molecule has 0 bridgehead atoms. The van der Waals surface area contributed by atoms with Crippen LogP contribution in [-0.4, -0.2) is 11.0 Å². The highest BCUT2D eigenvalue weighted by Gasteiger charge is 2.10. The molecule has 0 amide bonds. The van der Waals surface area contributed by atoms with E-state index in [0.717, 1.165) is 18.4 Å². The van der Waals surface area contributed by atoms with Gasteiger partial charge in [-0.15, -0.1) is 0 Å². The fourth-order valence-electron chi connectivity index (χ4n) is 1.40. The predicted molar refractivity (Wildman–Crippen MR) is 59.8 cm³/mol. The standard InChI is InChI=1S/C11H16N2O2/c1-8-3-5-10(6-4-9(2)12)7-11(8)13(14)15/h3,5,7,9H,4,6,12H2,1-2H3/t9-/m0/s1. The van der Waals surface area contributed by atoms with Crippen LogP contribution in [0.2, 0.25) is 0 Å². The van der Waals surface area contributed by atoms with Crippen LogP contribution in [0.5, 0.6) is 0 Å². The number of nitrogens with two attached hydrogens (primary N) is 1. The molecule has 1 atom stereocenters. The molecule has 4 heteroatoms. The second kappa shape index (κ2) is 4.89. The summed E-state index contributed by atoms with van der Waals surface area (Å²) in [7, 11) is 0. The van der Waals surface area contributed by atoms with Crippen molar-refractivity contribution in [2.75, 3.05) is 0 Å². The molecule has 0 spiro atoms. The van der Waals surface area contributed by atoms with E-state index in [-0.39, 0.29) is 16.7 Å². The molecule has 1 aromatic carbocycles. The van der Waals surface area contributed by atoms with Gasteiger partial charge >= 0.3 is 0 Å². The van der Waals surface area contributed by atoms with Crippen LogP contribution in [0.15, 0.2) is 18.2 Å². The van der Waals surface area contributed by atoms with E-state index < -0.39 is 0 Å². The molecule has 15 heavy (non-hydrogen) atoms. The number of hydrogen-bond acceptors (Lipinski definition) is 3. The van der Waals surface area contributed by atoms with Crippen molar-refractivity contribution >= 4 is 5.69 Å². The number of rotatable bonds is 4. The summed E-state index contributed by atoms with van der Waals surface area (Å²) >= 11 is 0. The molecule has 2 N–H and O–H groups in total. The van der Waals surface area contributed by atoms with Crippen LogP contribution in [0.1, 0.15) is 24.5 Å². The Balaban J connectivity index is 2.83. The fraction of sp³-hybridized carbons (Fsp3) is 0.455. The molecule has 0 saturated carbocycles. The Hall–Kier alpha value is -1.42. The molecule has 0 aliphatic rings. The maximum Gasteiger partial charge on any atom is 0.272 e. The SMILES string of the molecule is Cc1ccc(CC[C@H](C)N)cc1[N+](=O)[O-]. The van der Waals surface area contributed by atoms with Gasteiger partial charge in [0.15, 0.2) is 0 Å². The molecule has 4 nitrogen and oxygen atoms in total. The lowest BCUT2D eigenvalue weighted by Gasteiger charge is -2.05. The first-order valence-electron chi connectivity index (χ1n) is 5.00. The summed E-state index contributed by atoms with van der Waals surface area (Å²) in [6, 6.07) is 5.47. The van der Waals surface area contributed by atoms with E-state index in [1.54, 1.807) is 19.1 Å². The van der Waals surface area contributed by atoms with Gasteiger partial charge in [-0.2, -0.15) is 0 Å². The number of nitro benzene ring substituents is 1. The second-order valence-corrected chi connectivity index (χ2v) is 3.89. The smallest absolute Gasteiger partial charge is 0.272 e. The van der Waals surface area contributed by atoms with E-state index in [2.05, 4.69) is 0 Å². The summed E-state index contributed by atoms with van der Waals surface area (Å²) in [5.41, 5.74) is 7.50. The van der Waals surface area contributed by atoms with Crippen molar-refractivity contribution in [3.8, 4) is 0 Å². The molecule has 1 rings (SSSR count). The summed E-state index contributed by atoms with van der Waals surface area (Å²) in [5.74, 6) is 0. The van der Waals surface area contributed by atoms with Gasteiger partial charge in [-0.05, 0) is 32.3 Å². The Morgan fingerprint density at radius 1 is 1.53 bits per heavy atom. The lowest BCUT2D eigenvalue weighted by Crippen LogP contribution is -2.15. The topological polar surface area (TPSA) is 69.2 Å². The van der Waals surface area contributed by atoms with E-state index in [0.29, 0.717) is 5.56 Å². The minimum atomic E-state index is -0.343. The summed E-state index contributed by atoms with van der Waals surface area (Å²) in [5, 5.41) is 10.7. The first-order chi connectivity index (χ1) is 7.00. The number of hydrogen-bond donors (Lipinski definition) is 1. The lowest BCUT2D eigenvalue weighted by atomic mass is 10.0. The highest BCUT2D eigenvalue weighted by atomic mass is 16.6. The van der Waals surface area contributed by atoms with Gasteiger partial charge < -0.3 is 5.73 Å². The summed E-state index contributed by atoms with van der Waals surface area (Å²) in [6.45, 7) is 3.68. The van der Waals surface area contributed by atoms with Crippen molar-refractivity contribution in [1.29, 1.82) is 0 Å². The predicted octanol–water partition coefficient (Wildman–Crippen LogP) is 2.18. The average Bonchev–Trinajstić information content (AvgIpc) is 2.16. The molecule has 0 heterocycles. The third-order valence-electron chi connectivity index (χ3n) is 2.36. The van der Waals surface area contributed by atoms with Gasteiger partial charge in [0.1, 0.15) is 0 Å². The van der Waals surface area contributed by atoms with Crippen LogP contribution in [-0.2, 0) is 6.42 Å². The molecular formula is C11H16N2O2. The Morgan fingerprint density at radius 3 is 2.73 bits per heavy atom. The lowest BCUT2D eigenvalue weighted by molar-refractivity contribution is -0.385. The van der Waals surface area contributed by atoms with Crippen LogP contribution in [0.25, 0.3) is 0 Å². The summed E-state index contributed by atoms with van der Waals surface area (Å²) < 4.78 is 0. The average molecular weight is 208 g/mol. The van der Waals surface area contributed by atoms with Crippen molar-refractivity contribution in [2.45, 2.75) is 32.7 Å². The quantitative estimate of drug-likeness (QED) is 0.609. The van der Waals surface area contributed by atoms with Crippen molar-refractivity contribution in [3.63, 3.8) is 0 Å². The molecule has 0 radical (unpaired) electrons. The molecule has 0 saturated heterocycles. The number of benzene rings is 1. The van der Waals surface area contributed by atoms with Crippen molar-refractivity contribution in [2.24, 2.45) is 5.73 Å². The first-order valence-corrected chi connectivity index (χ1v) is 5.00. The van der Waals surface area contributed by atoms with Crippen LogP contribution < -0.4 is 5.73 Å². The fourth-order valence-corrected chi connectivity index (χ4v) is 1.40. The van der Waals surface area contributed by atoms with Gasteiger partial charge in [-0.3, -0.25) is 10.1 Å². The molecule has 82 valence electrons. The molecule has 0 unspecified atom stereocenters. The second-order valence-electron chi connectivity index (χ2n) is 3.89. The first kappa shape index (κ1) is 11.7. The number of nitrogens with zero attached hydrogens (tertiary/aromatic N) is 1. The Labute approximate surface area is 89.2 Å². The zero-order chi connectivity index (χ0) is 11.4. The van der Waals surface area contributed by atoms with Crippen LogP contribution in [0, 0.1) is 17.0 Å². The van der Waals surface area contributed by atoms with Gasteiger partial charge in [-0.1, -0.05) is 12.1 Å². The van der Waals surface area contributed by atoms with Gasteiger partial charge in [-0.25, -0.2) is 0 Å². The van der Waals surface area contributed by atoms with Crippen LogP contribution in [0.3, 0.4) is 0 Å². The van der Waals surface area contributed by atoms with Gasteiger partial charge in [0.25, 0.3) is 5.69 Å². The van der Waals surface area contributed by atoms with E-state index in [4.69, 9.17) is 5.73 Å². The normalized spacial score (nSPS) is 12.5. The van der Waals surface area contributed by atoms with Crippen LogP contribution in [0.4, 0.5) is 5.69 Å². The Bertz CT molecular complexity index is 362. The molecule has 0 aromatic heterocycles. The summed E-state index contributed by atoms with van der Waals surface area (Å²) in [4.78, 5) is 10.4. The van der Waals surface area contributed by atoms with E-state index >= 15 is 0 Å². The van der Waals surface area contributed by atoms with Crippen molar-refractivity contribution < 1.29 is 4.92 Å². The van der Waals surface area contributed by atoms with Crippen molar-refractivity contribution in [1.82, 2.24) is 0 Å². The third-order valence-corrected chi connectivity index (χ3v) is 2.36. The van der Waals surface area contributed by atoms with E-state index in [1.165, 1.54) is 0 Å². The maximum atomic E-state index is 10.7.